The first kappa shape index (κ1) is 19.3. The van der Waals surface area contributed by atoms with E-state index in [1.54, 1.807) is 18.2 Å². The van der Waals surface area contributed by atoms with Crippen molar-refractivity contribution in [1.29, 1.82) is 0 Å². The summed E-state index contributed by atoms with van der Waals surface area (Å²) in [7, 11) is 0. The highest BCUT2D eigenvalue weighted by Gasteiger charge is 2.27. The monoisotopic (exact) mass is 412 g/mol. The molecule has 0 unspecified atom stereocenters. The number of aromatic nitrogens is 1. The molecular formula is C22H21ClN2O4. The van der Waals surface area contributed by atoms with Gasteiger partial charge in [-0.25, -0.2) is 0 Å². The molecule has 1 aromatic heterocycles. The van der Waals surface area contributed by atoms with Gasteiger partial charge in [-0.05, 0) is 48.2 Å². The molecule has 0 radical (unpaired) electrons. The predicted molar refractivity (Wildman–Crippen MR) is 110 cm³/mol. The van der Waals surface area contributed by atoms with Crippen LogP contribution >= 0.6 is 11.6 Å². The van der Waals surface area contributed by atoms with E-state index in [4.69, 9.17) is 21.1 Å². The number of para-hydroxylation sites is 1. The van der Waals surface area contributed by atoms with Crippen LogP contribution in [0.25, 0.3) is 10.9 Å². The van der Waals surface area contributed by atoms with Crippen molar-refractivity contribution < 1.29 is 19.1 Å². The fourth-order valence-electron chi connectivity index (χ4n) is 3.50. The van der Waals surface area contributed by atoms with E-state index in [9.17, 15) is 9.59 Å². The van der Waals surface area contributed by atoms with Gasteiger partial charge in [-0.15, -0.1) is 0 Å². The second-order valence-corrected chi connectivity index (χ2v) is 7.47. The summed E-state index contributed by atoms with van der Waals surface area (Å²) in [6.07, 6.45) is 3.12. The zero-order valence-corrected chi connectivity index (χ0v) is 16.5. The lowest BCUT2D eigenvalue weighted by Gasteiger charge is -2.24. The van der Waals surface area contributed by atoms with Crippen LogP contribution in [0.2, 0.25) is 5.02 Å². The fraction of sp³-hybridized carbons (Fsp3) is 0.273. The summed E-state index contributed by atoms with van der Waals surface area (Å²) in [6.45, 7) is 0.401. The molecule has 2 aromatic carbocycles. The van der Waals surface area contributed by atoms with Crippen LogP contribution in [0.1, 0.15) is 11.1 Å². The molecular weight excluding hydrogens is 392 g/mol. The minimum Gasteiger partial charge on any atom is -0.492 e. The molecule has 1 aliphatic heterocycles. The molecule has 0 bridgehead atoms. The first-order chi connectivity index (χ1) is 14.1. The summed E-state index contributed by atoms with van der Waals surface area (Å²) in [4.78, 5) is 27.5. The van der Waals surface area contributed by atoms with E-state index < -0.39 is 11.9 Å². The Hall–Kier alpha value is -2.99. The maximum atomic E-state index is 12.3. The van der Waals surface area contributed by atoms with Gasteiger partial charge in [-0.2, -0.15) is 0 Å². The van der Waals surface area contributed by atoms with Crippen LogP contribution in [-0.2, 0) is 27.2 Å². The quantitative estimate of drug-likeness (QED) is 0.609. The van der Waals surface area contributed by atoms with Gasteiger partial charge < -0.3 is 19.8 Å². The van der Waals surface area contributed by atoms with Gasteiger partial charge in [0.25, 0.3) is 5.91 Å². The van der Waals surface area contributed by atoms with Crippen LogP contribution < -0.4 is 10.1 Å². The van der Waals surface area contributed by atoms with Crippen LogP contribution in [0.5, 0.6) is 5.75 Å². The third-order valence-electron chi connectivity index (χ3n) is 5.00. The van der Waals surface area contributed by atoms with Gasteiger partial charge in [0.15, 0.2) is 6.61 Å². The van der Waals surface area contributed by atoms with Crippen molar-refractivity contribution in [3.63, 3.8) is 0 Å². The van der Waals surface area contributed by atoms with Gasteiger partial charge in [-0.1, -0.05) is 29.8 Å². The number of hydrogen-bond acceptors (Lipinski definition) is 4. The second-order valence-electron chi connectivity index (χ2n) is 7.03. The number of carbonyl (C=O) groups is 2. The minimum atomic E-state index is -0.444. The average molecular weight is 413 g/mol. The van der Waals surface area contributed by atoms with E-state index >= 15 is 0 Å². The number of nitrogens with one attached hydrogen (secondary N) is 2. The topological polar surface area (TPSA) is 80.4 Å². The molecule has 0 saturated carbocycles. The van der Waals surface area contributed by atoms with Gasteiger partial charge in [0.2, 0.25) is 0 Å². The molecule has 0 spiro atoms. The number of benzene rings is 2. The number of halogens is 1. The van der Waals surface area contributed by atoms with Crippen molar-refractivity contribution in [1.82, 2.24) is 10.3 Å². The molecule has 3 aromatic rings. The van der Waals surface area contributed by atoms with Crippen molar-refractivity contribution >= 4 is 34.4 Å². The maximum absolute atomic E-state index is 12.3. The molecule has 1 amide bonds. The molecule has 0 aliphatic carbocycles. The van der Waals surface area contributed by atoms with Gasteiger partial charge >= 0.3 is 5.97 Å². The highest BCUT2D eigenvalue weighted by Crippen LogP contribution is 2.30. The number of carbonyl (C=O) groups excluding carboxylic acids is 2. The Morgan fingerprint density at radius 3 is 3.00 bits per heavy atom. The number of fused-ring (bicyclic) bond motifs is 2. The Morgan fingerprint density at radius 2 is 2.10 bits per heavy atom. The number of hydrogen-bond donors (Lipinski definition) is 2. The summed E-state index contributed by atoms with van der Waals surface area (Å²) in [5.74, 6) is -0.478. The third kappa shape index (κ3) is 4.54. The maximum Gasteiger partial charge on any atom is 0.313 e. The SMILES string of the molecule is O=C(COC(=O)[C@H]1COc2ccc(Cl)cc2C1)NCCc1c[nH]c2ccccc12. The van der Waals surface area contributed by atoms with Gasteiger partial charge in [0, 0.05) is 28.7 Å². The number of aromatic amines is 1. The molecule has 1 aliphatic rings. The molecule has 2 heterocycles. The molecule has 0 fully saturated rings. The summed E-state index contributed by atoms with van der Waals surface area (Å²) in [6, 6.07) is 13.3. The molecule has 2 N–H and O–H groups in total. The molecule has 0 saturated heterocycles. The summed E-state index contributed by atoms with van der Waals surface area (Å²) in [5.41, 5.74) is 3.07. The van der Waals surface area contributed by atoms with Crippen molar-refractivity contribution in [2.45, 2.75) is 12.8 Å². The Bertz CT molecular complexity index is 1050. The van der Waals surface area contributed by atoms with Crippen LogP contribution in [0.15, 0.2) is 48.7 Å². The van der Waals surface area contributed by atoms with Crippen molar-refractivity contribution in [2.24, 2.45) is 5.92 Å². The minimum absolute atomic E-state index is 0.232. The first-order valence-corrected chi connectivity index (χ1v) is 9.87. The standard InChI is InChI=1S/C22H21ClN2O4/c23-17-5-6-20-15(10-17)9-16(12-28-20)22(27)29-13-21(26)24-8-7-14-11-25-19-4-2-1-3-18(14)19/h1-6,10-11,16,25H,7-9,12-13H2,(H,24,26)/t16-/m1/s1. The Kier molecular flexibility index (Phi) is 5.71. The van der Waals surface area contributed by atoms with E-state index in [2.05, 4.69) is 10.3 Å². The summed E-state index contributed by atoms with van der Waals surface area (Å²) >= 11 is 6.00. The molecule has 6 nitrogen and oxygen atoms in total. The van der Waals surface area contributed by atoms with Crippen molar-refractivity contribution in [3.8, 4) is 5.75 Å². The largest absolute Gasteiger partial charge is 0.492 e. The zero-order chi connectivity index (χ0) is 20.2. The second kappa shape index (κ2) is 8.57. The lowest BCUT2D eigenvalue weighted by atomic mass is 9.97. The van der Waals surface area contributed by atoms with Gasteiger partial charge in [0.1, 0.15) is 12.4 Å². The number of rotatable bonds is 6. The lowest BCUT2D eigenvalue weighted by Crippen LogP contribution is -2.34. The lowest BCUT2D eigenvalue weighted by molar-refractivity contribution is -0.153. The first-order valence-electron chi connectivity index (χ1n) is 9.49. The molecule has 150 valence electrons. The predicted octanol–water partition coefficient (Wildman–Crippen LogP) is 3.27. The number of ether oxygens (including phenoxy) is 2. The highest BCUT2D eigenvalue weighted by molar-refractivity contribution is 6.30. The Balaban J connectivity index is 1.22. The normalized spacial score (nSPS) is 15.4. The van der Waals surface area contributed by atoms with Crippen LogP contribution in [0.3, 0.4) is 0 Å². The van der Waals surface area contributed by atoms with Crippen LogP contribution in [0, 0.1) is 5.92 Å². The van der Waals surface area contributed by atoms with E-state index in [0.29, 0.717) is 24.4 Å². The number of H-pyrrole nitrogens is 1. The molecule has 1 atom stereocenters. The highest BCUT2D eigenvalue weighted by atomic mass is 35.5. The number of esters is 1. The Morgan fingerprint density at radius 1 is 1.24 bits per heavy atom. The van der Waals surface area contributed by atoms with Gasteiger partial charge in [0.05, 0.1) is 5.92 Å². The van der Waals surface area contributed by atoms with Crippen LogP contribution in [0.4, 0.5) is 0 Å². The smallest absolute Gasteiger partial charge is 0.313 e. The van der Waals surface area contributed by atoms with E-state index in [1.807, 2.05) is 30.5 Å². The Labute approximate surface area is 173 Å². The van der Waals surface area contributed by atoms with Crippen molar-refractivity contribution in [2.75, 3.05) is 19.8 Å². The molecule has 4 rings (SSSR count). The average Bonchev–Trinajstić information content (AvgIpc) is 3.14. The number of amides is 1. The van der Waals surface area contributed by atoms with Crippen molar-refractivity contribution in [3.05, 3.63) is 64.8 Å². The fourth-order valence-corrected chi connectivity index (χ4v) is 3.69. The summed E-state index contributed by atoms with van der Waals surface area (Å²) < 4.78 is 10.8. The third-order valence-corrected chi connectivity index (χ3v) is 5.23. The van der Waals surface area contributed by atoms with E-state index in [-0.39, 0.29) is 19.1 Å². The zero-order valence-electron chi connectivity index (χ0n) is 15.7. The summed E-state index contributed by atoms with van der Waals surface area (Å²) in [5, 5.41) is 4.53. The molecule has 7 heteroatoms. The molecule has 29 heavy (non-hydrogen) atoms. The van der Waals surface area contributed by atoms with E-state index in [0.717, 1.165) is 27.8 Å². The van der Waals surface area contributed by atoms with Gasteiger partial charge in [-0.3, -0.25) is 9.59 Å². The van der Waals surface area contributed by atoms with E-state index in [1.165, 1.54) is 0 Å². The van der Waals surface area contributed by atoms with Crippen LogP contribution in [-0.4, -0.2) is 36.6 Å².